The van der Waals surface area contributed by atoms with Crippen LogP contribution in [0.2, 0.25) is 0 Å². The number of nitrogens with zero attached hydrogens (tertiary/aromatic N) is 1. The number of amides is 1. The molecule has 3 nitrogen and oxygen atoms in total. The van der Waals surface area contributed by atoms with Crippen molar-refractivity contribution in [2.24, 2.45) is 0 Å². The third-order valence-corrected chi connectivity index (χ3v) is 5.57. The maximum Gasteiger partial charge on any atom is 0.254 e. The van der Waals surface area contributed by atoms with Crippen molar-refractivity contribution >= 4 is 16.7 Å². The predicted octanol–water partition coefficient (Wildman–Crippen LogP) is 3.66. The van der Waals surface area contributed by atoms with Crippen LogP contribution in [0.1, 0.15) is 35.2 Å². The van der Waals surface area contributed by atoms with E-state index in [4.69, 9.17) is 0 Å². The van der Waals surface area contributed by atoms with Gasteiger partial charge in [-0.05, 0) is 55.5 Å². The highest BCUT2D eigenvalue weighted by Gasteiger charge is 2.27. The van der Waals surface area contributed by atoms with E-state index >= 15 is 0 Å². The van der Waals surface area contributed by atoms with Crippen molar-refractivity contribution < 1.29 is 9.00 Å². The van der Waals surface area contributed by atoms with E-state index in [9.17, 15) is 9.00 Å². The van der Waals surface area contributed by atoms with Gasteiger partial charge in [0.15, 0.2) is 0 Å². The van der Waals surface area contributed by atoms with Crippen LogP contribution < -0.4 is 0 Å². The minimum absolute atomic E-state index is 0.0871. The Balaban J connectivity index is 1.76. The summed E-state index contributed by atoms with van der Waals surface area (Å²) in [5.74, 6) is 0.0871. The average Bonchev–Trinajstić information content (AvgIpc) is 2.62. The summed E-state index contributed by atoms with van der Waals surface area (Å²) in [6, 6.07) is 17.8. The van der Waals surface area contributed by atoms with Crippen LogP contribution in [-0.4, -0.2) is 33.9 Å². The van der Waals surface area contributed by atoms with Crippen molar-refractivity contribution in [2.45, 2.75) is 36.6 Å². The highest BCUT2D eigenvalue weighted by molar-refractivity contribution is 7.84. The molecule has 1 saturated heterocycles. The minimum atomic E-state index is -1.01. The van der Waals surface area contributed by atoms with E-state index in [-0.39, 0.29) is 11.9 Å². The Morgan fingerprint density at radius 3 is 2.46 bits per heavy atom. The van der Waals surface area contributed by atoms with Crippen LogP contribution in [0.3, 0.4) is 0 Å². The normalized spacial score (nSPS) is 19.0. The van der Waals surface area contributed by atoms with Crippen LogP contribution in [-0.2, 0) is 17.2 Å². The number of hydrogen-bond acceptors (Lipinski definition) is 2. The van der Waals surface area contributed by atoms with Gasteiger partial charge >= 0.3 is 0 Å². The summed E-state index contributed by atoms with van der Waals surface area (Å²) >= 11 is 0. The number of likely N-dealkylation sites (tertiary alicyclic amines) is 1. The Morgan fingerprint density at radius 2 is 1.79 bits per heavy atom. The smallest absolute Gasteiger partial charge is 0.254 e. The molecule has 1 aliphatic rings. The first-order chi connectivity index (χ1) is 11.6. The monoisotopic (exact) mass is 341 g/mol. The van der Waals surface area contributed by atoms with Crippen molar-refractivity contribution in [1.82, 2.24) is 4.90 Å². The molecule has 0 aromatic heterocycles. The second-order valence-corrected chi connectivity index (χ2v) is 7.70. The van der Waals surface area contributed by atoms with Gasteiger partial charge < -0.3 is 4.90 Å². The summed E-state index contributed by atoms with van der Waals surface area (Å²) in [6.45, 7) is 0.817. The molecular weight excluding hydrogens is 318 g/mol. The molecule has 0 bridgehead atoms. The Labute approximate surface area is 146 Å². The zero-order chi connectivity index (χ0) is 16.9. The first kappa shape index (κ1) is 16.9. The number of hydrogen-bond donors (Lipinski definition) is 0. The summed E-state index contributed by atoms with van der Waals surface area (Å²) in [6.07, 6.45) is 5.85. The van der Waals surface area contributed by atoms with Gasteiger partial charge in [0.2, 0.25) is 0 Å². The van der Waals surface area contributed by atoms with E-state index in [0.717, 1.165) is 30.7 Å². The minimum Gasteiger partial charge on any atom is -0.335 e. The Bertz CT molecular complexity index is 712. The molecule has 0 spiro atoms. The molecule has 2 aromatic rings. The van der Waals surface area contributed by atoms with Crippen LogP contribution in [0.5, 0.6) is 0 Å². The van der Waals surface area contributed by atoms with Gasteiger partial charge in [-0.1, -0.05) is 30.3 Å². The lowest BCUT2D eigenvalue weighted by Gasteiger charge is -2.36. The molecule has 4 heteroatoms. The van der Waals surface area contributed by atoms with Gasteiger partial charge in [0.25, 0.3) is 5.91 Å². The summed E-state index contributed by atoms with van der Waals surface area (Å²) in [4.78, 5) is 15.7. The highest BCUT2D eigenvalue weighted by atomic mass is 32.2. The molecule has 24 heavy (non-hydrogen) atoms. The molecule has 0 saturated carbocycles. The van der Waals surface area contributed by atoms with Gasteiger partial charge in [-0.15, -0.1) is 0 Å². The number of carbonyl (C=O) groups excluding carboxylic acids is 1. The SMILES string of the molecule is CS(=O)c1ccc(C(=O)N2CCCCC2Cc2ccccc2)cc1. The fourth-order valence-electron chi connectivity index (χ4n) is 3.32. The molecule has 0 N–H and O–H groups in total. The zero-order valence-corrected chi connectivity index (χ0v) is 14.8. The van der Waals surface area contributed by atoms with Gasteiger partial charge in [0, 0.05) is 40.1 Å². The molecule has 1 fully saturated rings. The summed E-state index contributed by atoms with van der Waals surface area (Å²) in [5, 5.41) is 0. The highest BCUT2D eigenvalue weighted by Crippen LogP contribution is 2.23. The van der Waals surface area contributed by atoms with Crippen LogP contribution >= 0.6 is 0 Å². The fraction of sp³-hybridized carbons (Fsp3) is 0.350. The Hall–Kier alpha value is -1.94. The maximum atomic E-state index is 12.9. The molecule has 3 rings (SSSR count). The van der Waals surface area contributed by atoms with E-state index in [1.54, 1.807) is 30.5 Å². The van der Waals surface area contributed by atoms with Gasteiger partial charge in [-0.2, -0.15) is 0 Å². The molecule has 0 aliphatic carbocycles. The van der Waals surface area contributed by atoms with Crippen molar-refractivity contribution in [3.05, 3.63) is 65.7 Å². The van der Waals surface area contributed by atoms with Crippen LogP contribution in [0.15, 0.2) is 59.5 Å². The molecule has 1 aliphatic heterocycles. The third kappa shape index (κ3) is 3.93. The van der Waals surface area contributed by atoms with E-state index in [1.165, 1.54) is 12.0 Å². The quantitative estimate of drug-likeness (QED) is 0.851. The van der Waals surface area contributed by atoms with Crippen molar-refractivity contribution in [2.75, 3.05) is 12.8 Å². The second kappa shape index (κ2) is 7.75. The summed E-state index contributed by atoms with van der Waals surface area (Å²) in [7, 11) is -1.01. The Morgan fingerprint density at radius 1 is 1.08 bits per heavy atom. The van der Waals surface area contributed by atoms with Crippen LogP contribution in [0.25, 0.3) is 0 Å². The Kier molecular flexibility index (Phi) is 5.46. The molecule has 1 amide bonds. The molecule has 126 valence electrons. The first-order valence-corrected chi connectivity index (χ1v) is 9.99. The van der Waals surface area contributed by atoms with Gasteiger partial charge in [-0.25, -0.2) is 0 Å². The maximum absolute atomic E-state index is 12.9. The summed E-state index contributed by atoms with van der Waals surface area (Å²) in [5.41, 5.74) is 1.96. The molecule has 0 radical (unpaired) electrons. The average molecular weight is 341 g/mol. The van der Waals surface area contributed by atoms with Gasteiger partial charge in [0.1, 0.15) is 0 Å². The molecular formula is C20H23NO2S. The van der Waals surface area contributed by atoms with Gasteiger partial charge in [-0.3, -0.25) is 9.00 Å². The predicted molar refractivity (Wildman–Crippen MR) is 97.6 cm³/mol. The third-order valence-electron chi connectivity index (χ3n) is 4.64. The summed E-state index contributed by atoms with van der Waals surface area (Å²) < 4.78 is 11.5. The van der Waals surface area contributed by atoms with Gasteiger partial charge in [0.05, 0.1) is 0 Å². The number of benzene rings is 2. The van der Waals surface area contributed by atoms with E-state index in [0.29, 0.717) is 5.56 Å². The lowest BCUT2D eigenvalue weighted by Crippen LogP contribution is -2.44. The van der Waals surface area contributed by atoms with Crippen molar-refractivity contribution in [1.29, 1.82) is 0 Å². The van der Waals surface area contributed by atoms with Crippen LogP contribution in [0, 0.1) is 0 Å². The van der Waals surface area contributed by atoms with Crippen molar-refractivity contribution in [3.8, 4) is 0 Å². The largest absolute Gasteiger partial charge is 0.335 e. The van der Waals surface area contributed by atoms with E-state index in [2.05, 4.69) is 12.1 Å². The van der Waals surface area contributed by atoms with Crippen LogP contribution in [0.4, 0.5) is 0 Å². The number of rotatable bonds is 4. The van der Waals surface area contributed by atoms with E-state index in [1.807, 2.05) is 23.1 Å². The number of carbonyl (C=O) groups is 1. The van der Waals surface area contributed by atoms with E-state index < -0.39 is 10.8 Å². The topological polar surface area (TPSA) is 37.4 Å². The molecule has 2 aromatic carbocycles. The first-order valence-electron chi connectivity index (χ1n) is 8.43. The second-order valence-electron chi connectivity index (χ2n) is 6.32. The zero-order valence-electron chi connectivity index (χ0n) is 14.0. The molecule has 1 heterocycles. The number of piperidine rings is 1. The molecule has 2 unspecified atom stereocenters. The standard InChI is InChI=1S/C20H23NO2S/c1-24(23)19-12-10-17(11-13-19)20(22)21-14-6-5-9-18(21)15-16-7-3-2-4-8-16/h2-4,7-8,10-13,18H,5-6,9,14-15H2,1H3. The van der Waals surface area contributed by atoms with Crippen molar-refractivity contribution in [3.63, 3.8) is 0 Å². The lowest BCUT2D eigenvalue weighted by atomic mass is 9.95. The molecule has 2 atom stereocenters. The lowest BCUT2D eigenvalue weighted by molar-refractivity contribution is 0.0613. The fourth-order valence-corrected chi connectivity index (χ4v) is 3.84.